The van der Waals surface area contributed by atoms with Crippen LogP contribution in [0.15, 0.2) is 46.0 Å². The highest BCUT2D eigenvalue weighted by Crippen LogP contribution is 2.26. The van der Waals surface area contributed by atoms with Gasteiger partial charge in [-0.1, -0.05) is 30.3 Å². The highest BCUT2D eigenvalue weighted by Gasteiger charge is 2.23. The van der Waals surface area contributed by atoms with Crippen LogP contribution in [0.25, 0.3) is 11.0 Å². The van der Waals surface area contributed by atoms with Crippen molar-refractivity contribution in [3.63, 3.8) is 0 Å². The fraction of sp³-hybridized carbons (Fsp3) is 0.364. The molecular weight excluding hydrogens is 382 g/mol. The number of benzene rings is 1. The number of aromatic amines is 1. The molecule has 1 aliphatic rings. The smallest absolute Gasteiger partial charge is 0.329 e. The van der Waals surface area contributed by atoms with Gasteiger partial charge in [0.2, 0.25) is 0 Å². The molecule has 3 heterocycles. The van der Waals surface area contributed by atoms with Gasteiger partial charge in [-0.25, -0.2) is 9.78 Å². The van der Waals surface area contributed by atoms with Crippen LogP contribution in [-0.2, 0) is 7.05 Å². The van der Waals surface area contributed by atoms with Gasteiger partial charge in [-0.15, -0.1) is 0 Å². The number of likely N-dealkylation sites (tertiary alicyclic amines) is 1. The largest absolute Gasteiger partial charge is 0.351 e. The number of nitrogens with zero attached hydrogens (tertiary/aromatic N) is 3. The molecule has 1 amide bonds. The number of H-pyrrole nitrogens is 1. The molecular formula is C22H25N5O3. The van der Waals surface area contributed by atoms with E-state index < -0.39 is 11.2 Å². The van der Waals surface area contributed by atoms with Gasteiger partial charge in [0.05, 0.1) is 10.9 Å². The number of hydrogen-bond acceptors (Lipinski definition) is 5. The maximum absolute atomic E-state index is 12.8. The average molecular weight is 407 g/mol. The van der Waals surface area contributed by atoms with Crippen LogP contribution >= 0.6 is 0 Å². The van der Waals surface area contributed by atoms with Gasteiger partial charge in [0.1, 0.15) is 5.65 Å². The van der Waals surface area contributed by atoms with E-state index in [-0.39, 0.29) is 22.5 Å². The highest BCUT2D eigenvalue weighted by atomic mass is 16.2. The van der Waals surface area contributed by atoms with E-state index in [1.54, 1.807) is 13.0 Å². The summed E-state index contributed by atoms with van der Waals surface area (Å²) in [5.41, 5.74) is 1.21. The van der Waals surface area contributed by atoms with Crippen molar-refractivity contribution in [1.82, 2.24) is 24.8 Å². The first kappa shape index (κ1) is 20.0. The monoisotopic (exact) mass is 407 g/mol. The second-order valence-electron chi connectivity index (χ2n) is 7.78. The molecule has 1 unspecified atom stereocenters. The molecule has 1 fully saturated rings. The van der Waals surface area contributed by atoms with Gasteiger partial charge in [-0.05, 0) is 37.4 Å². The Hall–Kier alpha value is -3.26. The van der Waals surface area contributed by atoms with E-state index in [4.69, 9.17) is 0 Å². The van der Waals surface area contributed by atoms with E-state index in [1.165, 1.54) is 17.2 Å². The summed E-state index contributed by atoms with van der Waals surface area (Å²) in [7, 11) is 1.52. The number of hydrogen-bond donors (Lipinski definition) is 2. The standard InChI is InChI=1S/C22H25N5O3/c1-14-12-17(18-19(24-14)26(2)22(30)25-21(18)29)20(28)23-9-11-27-10-8-16(13-27)15-6-4-3-5-7-15/h3-7,12,16H,8-11,13H2,1-2H3,(H,23,28)(H,25,29,30). The molecule has 1 atom stereocenters. The third-order valence-corrected chi connectivity index (χ3v) is 5.70. The Morgan fingerprint density at radius 2 is 2.03 bits per heavy atom. The third kappa shape index (κ3) is 3.91. The van der Waals surface area contributed by atoms with E-state index in [1.807, 2.05) is 6.07 Å². The van der Waals surface area contributed by atoms with Crippen LogP contribution in [0.1, 0.15) is 34.0 Å². The minimum atomic E-state index is -0.601. The number of carbonyl (C=O) groups is 1. The second-order valence-corrected chi connectivity index (χ2v) is 7.78. The predicted molar refractivity (Wildman–Crippen MR) is 115 cm³/mol. The van der Waals surface area contributed by atoms with Crippen LogP contribution in [0.3, 0.4) is 0 Å². The molecule has 0 saturated carbocycles. The number of nitrogens with one attached hydrogen (secondary N) is 2. The molecule has 1 aromatic carbocycles. The fourth-order valence-electron chi connectivity index (χ4n) is 4.10. The van der Waals surface area contributed by atoms with Gasteiger partial charge in [0, 0.05) is 32.4 Å². The number of carbonyl (C=O) groups excluding carboxylic acids is 1. The van der Waals surface area contributed by atoms with E-state index in [9.17, 15) is 14.4 Å². The van der Waals surface area contributed by atoms with Gasteiger partial charge in [-0.3, -0.25) is 19.1 Å². The van der Waals surface area contributed by atoms with Crippen LogP contribution in [0.5, 0.6) is 0 Å². The number of rotatable bonds is 5. The summed E-state index contributed by atoms with van der Waals surface area (Å²) < 4.78 is 1.24. The molecule has 2 N–H and O–H groups in total. The molecule has 8 nitrogen and oxygen atoms in total. The van der Waals surface area contributed by atoms with Gasteiger partial charge >= 0.3 is 5.69 Å². The Morgan fingerprint density at radius 1 is 1.27 bits per heavy atom. The Kier molecular flexibility index (Phi) is 5.50. The Labute approximate surface area is 173 Å². The van der Waals surface area contributed by atoms with Crippen LogP contribution in [0.4, 0.5) is 0 Å². The minimum Gasteiger partial charge on any atom is -0.351 e. The summed E-state index contributed by atoms with van der Waals surface area (Å²) in [6.45, 7) is 4.92. The molecule has 156 valence electrons. The molecule has 3 aromatic rings. The molecule has 1 saturated heterocycles. The van der Waals surface area contributed by atoms with Crippen LogP contribution < -0.4 is 16.6 Å². The molecule has 2 aromatic heterocycles. The van der Waals surface area contributed by atoms with Crippen molar-refractivity contribution in [3.8, 4) is 0 Å². The van der Waals surface area contributed by atoms with Gasteiger partial charge < -0.3 is 10.2 Å². The van der Waals surface area contributed by atoms with Crippen LogP contribution in [0, 0.1) is 6.92 Å². The van der Waals surface area contributed by atoms with Crippen LogP contribution in [0.2, 0.25) is 0 Å². The van der Waals surface area contributed by atoms with Crippen molar-refractivity contribution in [3.05, 3.63) is 74.1 Å². The van der Waals surface area contributed by atoms with Crippen molar-refractivity contribution < 1.29 is 4.79 Å². The summed E-state index contributed by atoms with van der Waals surface area (Å²) in [6, 6.07) is 12.1. The van der Waals surface area contributed by atoms with Crippen molar-refractivity contribution in [1.29, 1.82) is 0 Å². The SMILES string of the molecule is Cc1cc(C(=O)NCCN2CCC(c3ccccc3)C2)c2c(=O)[nH]c(=O)n(C)c2n1. The highest BCUT2D eigenvalue weighted by molar-refractivity contribution is 6.05. The van der Waals surface area contributed by atoms with Gasteiger partial charge in [0.15, 0.2) is 0 Å². The zero-order valence-electron chi connectivity index (χ0n) is 17.1. The van der Waals surface area contributed by atoms with Crippen molar-refractivity contribution in [2.45, 2.75) is 19.3 Å². The lowest BCUT2D eigenvalue weighted by molar-refractivity contribution is 0.0951. The van der Waals surface area contributed by atoms with Gasteiger partial charge in [0.25, 0.3) is 11.5 Å². The zero-order valence-corrected chi connectivity index (χ0v) is 17.1. The molecule has 0 aliphatic carbocycles. The molecule has 4 rings (SSSR count). The van der Waals surface area contributed by atoms with Crippen LogP contribution in [-0.4, -0.2) is 51.5 Å². The zero-order chi connectivity index (χ0) is 21.3. The Balaban J connectivity index is 1.44. The maximum Gasteiger partial charge on any atom is 0.329 e. The molecule has 1 aliphatic heterocycles. The number of pyridine rings is 1. The van der Waals surface area contributed by atoms with E-state index in [2.05, 4.69) is 44.5 Å². The van der Waals surface area contributed by atoms with E-state index >= 15 is 0 Å². The Bertz CT molecular complexity index is 1200. The number of fused-ring (bicyclic) bond motifs is 1. The average Bonchev–Trinajstić information content (AvgIpc) is 3.21. The lowest BCUT2D eigenvalue weighted by atomic mass is 9.99. The maximum atomic E-state index is 12.8. The second kappa shape index (κ2) is 8.23. The first-order chi connectivity index (χ1) is 14.4. The third-order valence-electron chi connectivity index (χ3n) is 5.70. The van der Waals surface area contributed by atoms with E-state index in [0.29, 0.717) is 18.2 Å². The lowest BCUT2D eigenvalue weighted by Crippen LogP contribution is -2.35. The Morgan fingerprint density at radius 3 is 2.80 bits per heavy atom. The number of amides is 1. The predicted octanol–water partition coefficient (Wildman–Crippen LogP) is 1.15. The summed E-state index contributed by atoms with van der Waals surface area (Å²) in [4.78, 5) is 45.9. The minimum absolute atomic E-state index is 0.130. The summed E-state index contributed by atoms with van der Waals surface area (Å²) >= 11 is 0. The summed E-state index contributed by atoms with van der Waals surface area (Å²) in [5.74, 6) is 0.182. The molecule has 0 bridgehead atoms. The topological polar surface area (TPSA) is 100 Å². The lowest BCUT2D eigenvalue weighted by Gasteiger charge is -2.17. The quantitative estimate of drug-likeness (QED) is 0.661. The van der Waals surface area contributed by atoms with Crippen molar-refractivity contribution >= 4 is 16.9 Å². The molecule has 30 heavy (non-hydrogen) atoms. The van der Waals surface area contributed by atoms with Crippen molar-refractivity contribution in [2.24, 2.45) is 7.05 Å². The summed E-state index contributed by atoms with van der Waals surface area (Å²) in [5, 5.41) is 3.04. The fourth-order valence-corrected chi connectivity index (χ4v) is 4.10. The normalized spacial score (nSPS) is 16.8. The summed E-state index contributed by atoms with van der Waals surface area (Å²) in [6.07, 6.45) is 1.11. The molecule has 0 spiro atoms. The number of aromatic nitrogens is 3. The van der Waals surface area contributed by atoms with E-state index in [0.717, 1.165) is 26.1 Å². The molecule has 0 radical (unpaired) electrons. The molecule has 8 heteroatoms. The first-order valence-corrected chi connectivity index (χ1v) is 10.1. The van der Waals surface area contributed by atoms with Crippen molar-refractivity contribution in [2.75, 3.05) is 26.2 Å². The number of aryl methyl sites for hydroxylation is 2. The van der Waals surface area contributed by atoms with Gasteiger partial charge in [-0.2, -0.15) is 0 Å². The first-order valence-electron chi connectivity index (χ1n) is 10.1.